The minimum absolute atomic E-state index is 0.0707. The van der Waals surface area contributed by atoms with Gasteiger partial charge in [-0.15, -0.1) is 0 Å². The molecule has 0 bridgehead atoms. The molecule has 0 amide bonds. The molecule has 124 valence electrons. The van der Waals surface area contributed by atoms with Gasteiger partial charge in [-0.25, -0.2) is 4.68 Å². The molecule has 23 heavy (non-hydrogen) atoms. The third kappa shape index (κ3) is 3.88. The molecule has 0 spiro atoms. The lowest BCUT2D eigenvalue weighted by Gasteiger charge is -2.21. The summed E-state index contributed by atoms with van der Waals surface area (Å²) in [4.78, 5) is 2.43. The zero-order valence-electron chi connectivity index (χ0n) is 13.6. The zero-order chi connectivity index (χ0) is 16.2. The Morgan fingerprint density at radius 2 is 2.04 bits per heavy atom. The fourth-order valence-electron chi connectivity index (χ4n) is 2.87. The van der Waals surface area contributed by atoms with E-state index < -0.39 is 0 Å². The normalized spacial score (nSPS) is 14.6. The maximum Gasteiger partial charge on any atom is 0.199 e. The summed E-state index contributed by atoms with van der Waals surface area (Å²) in [6.07, 6.45) is 3.45. The van der Waals surface area contributed by atoms with Gasteiger partial charge in [-0.1, -0.05) is 37.3 Å². The average Bonchev–Trinajstić information content (AvgIpc) is 3.37. The number of aliphatic hydroxyl groups excluding tert-OH is 1. The van der Waals surface area contributed by atoms with E-state index in [1.807, 2.05) is 15.3 Å². The van der Waals surface area contributed by atoms with Crippen molar-refractivity contribution < 1.29 is 5.11 Å². The Hall–Kier alpha value is -1.50. The zero-order valence-corrected chi connectivity index (χ0v) is 14.4. The van der Waals surface area contributed by atoms with Crippen LogP contribution in [0.5, 0.6) is 0 Å². The molecule has 5 nitrogen and oxygen atoms in total. The number of benzene rings is 1. The van der Waals surface area contributed by atoms with Crippen LogP contribution in [0.4, 0.5) is 0 Å². The summed E-state index contributed by atoms with van der Waals surface area (Å²) >= 11 is 5.56. The fraction of sp³-hybridized carbons (Fsp3) is 0.529. The van der Waals surface area contributed by atoms with Gasteiger partial charge in [0.05, 0.1) is 6.67 Å². The van der Waals surface area contributed by atoms with E-state index in [0.29, 0.717) is 23.3 Å². The van der Waals surface area contributed by atoms with Crippen LogP contribution in [0, 0.1) is 4.77 Å². The molecule has 1 heterocycles. The van der Waals surface area contributed by atoms with E-state index in [1.54, 1.807) is 0 Å². The summed E-state index contributed by atoms with van der Waals surface area (Å²) in [5, 5.41) is 14.0. The smallest absolute Gasteiger partial charge is 0.199 e. The Morgan fingerprint density at radius 1 is 1.30 bits per heavy atom. The molecule has 1 fully saturated rings. The van der Waals surface area contributed by atoms with Gasteiger partial charge in [0.25, 0.3) is 0 Å². The van der Waals surface area contributed by atoms with Gasteiger partial charge in [-0.2, -0.15) is 5.10 Å². The molecule has 6 heteroatoms. The maximum absolute atomic E-state index is 9.52. The third-order valence-corrected chi connectivity index (χ3v) is 4.63. The van der Waals surface area contributed by atoms with Gasteiger partial charge in [0, 0.05) is 19.1 Å². The summed E-state index contributed by atoms with van der Waals surface area (Å²) in [5.74, 6) is 0.660. The second-order valence-electron chi connectivity index (χ2n) is 6.11. The Kier molecular flexibility index (Phi) is 5.25. The topological polar surface area (TPSA) is 46.2 Å². The lowest BCUT2D eigenvalue weighted by molar-refractivity contribution is 0.185. The number of nitrogens with zero attached hydrogens (tertiary/aromatic N) is 4. The molecule has 3 rings (SSSR count). The molecular weight excluding hydrogens is 308 g/mol. The SMILES string of the molecule is CCCn1c(CO)nn(CN(Cc2ccccc2)C2CC2)c1=S. The Bertz CT molecular complexity index is 690. The second kappa shape index (κ2) is 7.38. The summed E-state index contributed by atoms with van der Waals surface area (Å²) < 4.78 is 4.51. The summed E-state index contributed by atoms with van der Waals surface area (Å²) in [5.41, 5.74) is 1.31. The molecule has 1 aliphatic rings. The van der Waals surface area contributed by atoms with Gasteiger partial charge in [0.2, 0.25) is 0 Å². The van der Waals surface area contributed by atoms with Gasteiger partial charge in [0.1, 0.15) is 6.61 Å². The predicted octanol–water partition coefficient (Wildman–Crippen LogP) is 2.94. The molecule has 1 aromatic heterocycles. The van der Waals surface area contributed by atoms with Crippen LogP contribution >= 0.6 is 12.2 Å². The summed E-state index contributed by atoms with van der Waals surface area (Å²) in [7, 11) is 0. The lowest BCUT2D eigenvalue weighted by Crippen LogP contribution is -2.29. The van der Waals surface area contributed by atoms with Gasteiger partial charge in [-0.05, 0) is 37.0 Å². The largest absolute Gasteiger partial charge is 0.388 e. The Balaban J connectivity index is 1.79. The van der Waals surface area contributed by atoms with Crippen LogP contribution in [-0.2, 0) is 26.4 Å². The number of aromatic nitrogens is 3. The molecule has 1 aromatic carbocycles. The molecule has 1 saturated carbocycles. The molecule has 0 saturated heterocycles. The summed E-state index contributed by atoms with van der Waals surface area (Å²) in [6, 6.07) is 11.1. The first-order valence-electron chi connectivity index (χ1n) is 8.28. The van der Waals surface area contributed by atoms with Crippen LogP contribution in [0.1, 0.15) is 37.6 Å². The molecule has 0 radical (unpaired) electrons. The highest BCUT2D eigenvalue weighted by Crippen LogP contribution is 2.28. The van der Waals surface area contributed by atoms with E-state index in [4.69, 9.17) is 12.2 Å². The van der Waals surface area contributed by atoms with Crippen molar-refractivity contribution >= 4 is 12.2 Å². The van der Waals surface area contributed by atoms with Crippen molar-refractivity contribution in [3.05, 3.63) is 46.5 Å². The van der Waals surface area contributed by atoms with Crippen LogP contribution in [0.3, 0.4) is 0 Å². The van der Waals surface area contributed by atoms with Crippen molar-refractivity contribution in [3.63, 3.8) is 0 Å². The first-order valence-corrected chi connectivity index (χ1v) is 8.69. The van der Waals surface area contributed by atoms with E-state index in [2.05, 4.69) is 41.2 Å². The van der Waals surface area contributed by atoms with Crippen molar-refractivity contribution in [1.29, 1.82) is 0 Å². The molecule has 1 aliphatic carbocycles. The fourth-order valence-corrected chi connectivity index (χ4v) is 3.16. The first-order chi connectivity index (χ1) is 11.2. The Labute approximate surface area is 142 Å². The van der Waals surface area contributed by atoms with Crippen LogP contribution in [0.25, 0.3) is 0 Å². The minimum Gasteiger partial charge on any atom is -0.388 e. The van der Waals surface area contributed by atoms with E-state index in [9.17, 15) is 5.11 Å². The van der Waals surface area contributed by atoms with Crippen molar-refractivity contribution in [3.8, 4) is 0 Å². The van der Waals surface area contributed by atoms with E-state index in [1.165, 1.54) is 18.4 Å². The van der Waals surface area contributed by atoms with Crippen LogP contribution in [-0.4, -0.2) is 30.4 Å². The number of rotatable bonds is 8. The van der Waals surface area contributed by atoms with Gasteiger partial charge >= 0.3 is 0 Å². The van der Waals surface area contributed by atoms with Crippen molar-refractivity contribution in [2.24, 2.45) is 0 Å². The third-order valence-electron chi connectivity index (χ3n) is 4.20. The predicted molar refractivity (Wildman–Crippen MR) is 92.3 cm³/mol. The lowest BCUT2D eigenvalue weighted by atomic mass is 10.2. The van der Waals surface area contributed by atoms with Crippen molar-refractivity contribution in [2.45, 2.75) is 58.6 Å². The van der Waals surface area contributed by atoms with E-state index in [0.717, 1.165) is 19.5 Å². The molecular formula is C17H24N4OS. The average molecular weight is 332 g/mol. The van der Waals surface area contributed by atoms with Crippen molar-refractivity contribution in [1.82, 2.24) is 19.2 Å². The van der Waals surface area contributed by atoms with E-state index in [-0.39, 0.29) is 6.61 Å². The number of hydrogen-bond donors (Lipinski definition) is 1. The maximum atomic E-state index is 9.52. The van der Waals surface area contributed by atoms with Gasteiger partial charge in [-0.3, -0.25) is 4.90 Å². The first kappa shape index (κ1) is 16.4. The molecule has 0 unspecified atom stereocenters. The monoisotopic (exact) mass is 332 g/mol. The molecule has 0 atom stereocenters. The number of aliphatic hydroxyl groups is 1. The van der Waals surface area contributed by atoms with Gasteiger partial charge in [0.15, 0.2) is 10.6 Å². The standard InChI is InChI=1S/C17H24N4OS/c1-2-10-20-16(12-22)18-21(17(20)23)13-19(15-8-9-15)11-14-6-4-3-5-7-14/h3-7,15,22H,2,8-13H2,1H3. The quantitative estimate of drug-likeness (QED) is 0.755. The van der Waals surface area contributed by atoms with Crippen LogP contribution in [0.2, 0.25) is 0 Å². The molecule has 2 aromatic rings. The highest BCUT2D eigenvalue weighted by Gasteiger charge is 2.29. The molecule has 1 N–H and O–H groups in total. The highest BCUT2D eigenvalue weighted by molar-refractivity contribution is 7.71. The minimum atomic E-state index is -0.0707. The van der Waals surface area contributed by atoms with Crippen molar-refractivity contribution in [2.75, 3.05) is 0 Å². The van der Waals surface area contributed by atoms with E-state index >= 15 is 0 Å². The van der Waals surface area contributed by atoms with Crippen LogP contribution < -0.4 is 0 Å². The van der Waals surface area contributed by atoms with Crippen LogP contribution in [0.15, 0.2) is 30.3 Å². The highest BCUT2D eigenvalue weighted by atomic mass is 32.1. The van der Waals surface area contributed by atoms with Gasteiger partial charge < -0.3 is 9.67 Å². The Morgan fingerprint density at radius 3 is 2.65 bits per heavy atom. The number of hydrogen-bond acceptors (Lipinski definition) is 4. The summed E-state index contributed by atoms with van der Waals surface area (Å²) in [6.45, 7) is 4.42. The molecule has 0 aliphatic heterocycles. The second-order valence-corrected chi connectivity index (χ2v) is 6.48.